The van der Waals surface area contributed by atoms with E-state index in [2.05, 4.69) is 27.0 Å². The van der Waals surface area contributed by atoms with Gasteiger partial charge in [0.2, 0.25) is 5.13 Å². The molecule has 2 saturated heterocycles. The Kier molecular flexibility index (Phi) is 6.02. The van der Waals surface area contributed by atoms with E-state index in [1.807, 2.05) is 5.51 Å². The van der Waals surface area contributed by atoms with Crippen LogP contribution in [0.2, 0.25) is 0 Å². The van der Waals surface area contributed by atoms with E-state index in [1.54, 1.807) is 11.3 Å². The molecule has 3 heterocycles. The number of carboxylic acids is 1. The van der Waals surface area contributed by atoms with Crippen molar-refractivity contribution in [1.82, 2.24) is 15.1 Å². The number of aromatic nitrogens is 2. The van der Waals surface area contributed by atoms with Crippen LogP contribution in [0, 0.1) is 0 Å². The molecule has 0 aromatic carbocycles. The van der Waals surface area contributed by atoms with Gasteiger partial charge in [0, 0.05) is 18.6 Å². The summed E-state index contributed by atoms with van der Waals surface area (Å²) in [6.45, 7) is 3.55. The summed E-state index contributed by atoms with van der Waals surface area (Å²) in [5, 5.41) is 16.3. The molecular weight excluding hydrogens is 345 g/mol. The number of halogens is 3. The zero-order valence-corrected chi connectivity index (χ0v) is 14.2. The normalized spacial score (nSPS) is 21.2. The summed E-state index contributed by atoms with van der Waals surface area (Å²) in [4.78, 5) is 13.9. The zero-order valence-electron chi connectivity index (χ0n) is 13.4. The molecule has 1 aromatic rings. The minimum Gasteiger partial charge on any atom is -0.475 e. The minimum atomic E-state index is -5.08. The first-order chi connectivity index (χ1) is 11.2. The van der Waals surface area contributed by atoms with Crippen molar-refractivity contribution in [3.63, 3.8) is 0 Å². The number of carboxylic acid groups (broad SMARTS) is 1. The number of carbonyl (C=O) groups is 1. The summed E-state index contributed by atoms with van der Waals surface area (Å²) in [6.07, 6.45) is 1.64. The summed E-state index contributed by atoms with van der Waals surface area (Å²) in [6, 6.07) is 0. The third-order valence-electron chi connectivity index (χ3n) is 4.75. The molecule has 0 bridgehead atoms. The zero-order chi connectivity index (χ0) is 17.8. The molecule has 6 nitrogen and oxygen atoms in total. The van der Waals surface area contributed by atoms with Crippen LogP contribution in [-0.4, -0.2) is 64.6 Å². The summed E-state index contributed by atoms with van der Waals surface area (Å²) in [5.41, 5.74) is 2.31. The first-order valence-electron chi connectivity index (χ1n) is 7.77. The minimum absolute atomic E-state index is 0.486. The van der Waals surface area contributed by atoms with Crippen molar-refractivity contribution in [1.29, 1.82) is 0 Å². The van der Waals surface area contributed by atoms with Gasteiger partial charge in [-0.1, -0.05) is 17.8 Å². The van der Waals surface area contributed by atoms with Crippen molar-refractivity contribution in [3.8, 4) is 0 Å². The van der Waals surface area contributed by atoms with Gasteiger partial charge in [-0.15, -0.1) is 10.2 Å². The maximum absolute atomic E-state index is 10.6. The molecule has 2 aliphatic rings. The summed E-state index contributed by atoms with van der Waals surface area (Å²) in [7, 11) is 2.31. The Morgan fingerprint density at radius 2 is 1.88 bits per heavy atom. The second kappa shape index (κ2) is 7.64. The molecule has 0 unspecified atom stereocenters. The van der Waals surface area contributed by atoms with E-state index < -0.39 is 12.1 Å². The monoisotopic (exact) mass is 366 g/mol. The smallest absolute Gasteiger partial charge is 0.475 e. The lowest BCUT2D eigenvalue weighted by Gasteiger charge is -2.50. The van der Waals surface area contributed by atoms with Gasteiger partial charge < -0.3 is 14.9 Å². The van der Waals surface area contributed by atoms with Gasteiger partial charge >= 0.3 is 12.1 Å². The molecule has 2 aliphatic heterocycles. The van der Waals surface area contributed by atoms with E-state index in [0.717, 1.165) is 18.2 Å². The third-order valence-corrected chi connectivity index (χ3v) is 5.50. The lowest BCUT2D eigenvalue weighted by molar-refractivity contribution is -0.192. The Hall–Kier alpha value is -1.42. The molecule has 10 heteroatoms. The van der Waals surface area contributed by atoms with Crippen LogP contribution in [0.4, 0.5) is 18.3 Å². The third kappa shape index (κ3) is 4.56. The molecule has 136 valence electrons. The Labute approximate surface area is 142 Å². The van der Waals surface area contributed by atoms with Crippen molar-refractivity contribution < 1.29 is 23.1 Å². The van der Waals surface area contributed by atoms with Crippen molar-refractivity contribution >= 4 is 22.4 Å². The van der Waals surface area contributed by atoms with E-state index in [4.69, 9.17) is 9.90 Å². The highest BCUT2D eigenvalue weighted by Crippen LogP contribution is 2.37. The molecule has 0 saturated carbocycles. The first kappa shape index (κ1) is 18.9. The first-order valence-corrected chi connectivity index (χ1v) is 8.65. The van der Waals surface area contributed by atoms with Gasteiger partial charge in [0.1, 0.15) is 5.51 Å². The summed E-state index contributed by atoms with van der Waals surface area (Å²) >= 11 is 1.66. The van der Waals surface area contributed by atoms with Crippen LogP contribution in [0.3, 0.4) is 0 Å². The second-order valence-corrected chi connectivity index (χ2v) is 6.93. The molecule has 0 aliphatic carbocycles. The van der Waals surface area contributed by atoms with Gasteiger partial charge in [0.25, 0.3) is 0 Å². The molecule has 1 N–H and O–H groups in total. The number of nitrogens with zero attached hydrogens (tertiary/aromatic N) is 4. The number of aliphatic carboxylic acids is 1. The highest BCUT2D eigenvalue weighted by molar-refractivity contribution is 7.13. The van der Waals surface area contributed by atoms with Gasteiger partial charge in [0.15, 0.2) is 0 Å². The van der Waals surface area contributed by atoms with Gasteiger partial charge in [-0.05, 0) is 39.3 Å². The van der Waals surface area contributed by atoms with E-state index in [0.29, 0.717) is 5.54 Å². The fourth-order valence-corrected chi connectivity index (χ4v) is 3.90. The Balaban J connectivity index is 0.000000256. The molecule has 0 radical (unpaired) electrons. The number of alkyl halides is 3. The molecule has 1 aromatic heterocycles. The fourth-order valence-electron chi connectivity index (χ4n) is 3.28. The number of likely N-dealkylation sites (tertiary alicyclic amines) is 1. The molecule has 3 rings (SSSR count). The summed E-state index contributed by atoms with van der Waals surface area (Å²) < 4.78 is 31.7. The lowest BCUT2D eigenvalue weighted by Crippen LogP contribution is -2.56. The van der Waals surface area contributed by atoms with E-state index in [9.17, 15) is 13.2 Å². The van der Waals surface area contributed by atoms with E-state index in [1.165, 1.54) is 38.6 Å². The van der Waals surface area contributed by atoms with E-state index >= 15 is 0 Å². The average Bonchev–Trinajstić information content (AvgIpc) is 3.05. The van der Waals surface area contributed by atoms with Crippen molar-refractivity contribution in [2.45, 2.75) is 43.8 Å². The number of anilines is 1. The van der Waals surface area contributed by atoms with Gasteiger partial charge in [0.05, 0.1) is 0 Å². The Morgan fingerprint density at radius 1 is 1.25 bits per heavy atom. The number of hydrogen-bond acceptors (Lipinski definition) is 6. The lowest BCUT2D eigenvalue weighted by atomic mass is 9.79. The topological polar surface area (TPSA) is 69.6 Å². The Morgan fingerprint density at radius 3 is 2.33 bits per heavy atom. The van der Waals surface area contributed by atoms with Crippen LogP contribution in [-0.2, 0) is 4.79 Å². The van der Waals surface area contributed by atoms with Gasteiger partial charge in [-0.3, -0.25) is 0 Å². The summed E-state index contributed by atoms with van der Waals surface area (Å²) in [5.74, 6) is -2.76. The van der Waals surface area contributed by atoms with Crippen molar-refractivity contribution in [2.75, 3.05) is 31.6 Å². The average molecular weight is 366 g/mol. The van der Waals surface area contributed by atoms with Crippen LogP contribution in [0.1, 0.15) is 32.1 Å². The second-order valence-electron chi connectivity index (χ2n) is 6.11. The SMILES string of the molecule is CN1CCCCC12CCN(c1nncs1)CC2.O=C(O)C(F)(F)F. The molecule has 0 atom stereocenters. The largest absolute Gasteiger partial charge is 0.490 e. The molecule has 2 fully saturated rings. The van der Waals surface area contributed by atoms with E-state index in [-0.39, 0.29) is 0 Å². The molecule has 24 heavy (non-hydrogen) atoms. The maximum Gasteiger partial charge on any atom is 0.490 e. The highest BCUT2D eigenvalue weighted by atomic mass is 32.1. The number of piperidine rings is 2. The van der Waals surface area contributed by atoms with Crippen molar-refractivity contribution in [3.05, 3.63) is 5.51 Å². The Bertz CT molecular complexity index is 531. The van der Waals surface area contributed by atoms with Crippen LogP contribution >= 0.6 is 11.3 Å². The van der Waals surface area contributed by atoms with Crippen LogP contribution < -0.4 is 4.90 Å². The van der Waals surface area contributed by atoms with Gasteiger partial charge in [-0.2, -0.15) is 13.2 Å². The standard InChI is InChI=1S/C12H20N4S.C2HF3O2/c1-15-7-3-2-4-12(15)5-8-16(9-6-12)11-14-13-10-17-11;3-2(4,5)1(6)7/h10H,2-9H2,1H3;(H,6,7). The molecule has 1 spiro atoms. The fraction of sp³-hybridized carbons (Fsp3) is 0.786. The molecular formula is C14H21F3N4O2S. The predicted octanol–water partition coefficient (Wildman–Crippen LogP) is 2.63. The quantitative estimate of drug-likeness (QED) is 0.824. The van der Waals surface area contributed by atoms with Crippen LogP contribution in [0.5, 0.6) is 0 Å². The molecule has 0 amide bonds. The highest BCUT2D eigenvalue weighted by Gasteiger charge is 2.40. The maximum atomic E-state index is 10.6. The van der Waals surface area contributed by atoms with Crippen LogP contribution in [0.15, 0.2) is 5.51 Å². The predicted molar refractivity (Wildman–Crippen MR) is 84.3 cm³/mol. The number of hydrogen-bond donors (Lipinski definition) is 1. The van der Waals surface area contributed by atoms with Crippen LogP contribution in [0.25, 0.3) is 0 Å². The van der Waals surface area contributed by atoms with Crippen molar-refractivity contribution in [2.24, 2.45) is 0 Å². The van der Waals surface area contributed by atoms with Gasteiger partial charge in [-0.25, -0.2) is 4.79 Å². The number of rotatable bonds is 1.